The van der Waals surface area contributed by atoms with E-state index < -0.39 is 5.54 Å². The number of piperazine rings is 1. The minimum absolute atomic E-state index is 0. The summed E-state index contributed by atoms with van der Waals surface area (Å²) in [4.78, 5) is 30.0. The molecule has 0 aliphatic carbocycles. The van der Waals surface area contributed by atoms with Gasteiger partial charge in [-0.1, -0.05) is 0 Å². The van der Waals surface area contributed by atoms with Crippen LogP contribution in [0.5, 0.6) is 0 Å². The van der Waals surface area contributed by atoms with Crippen LogP contribution in [0.1, 0.15) is 32.6 Å². The number of hydrogen-bond acceptors (Lipinski definition) is 4. The van der Waals surface area contributed by atoms with Crippen LogP contribution in [-0.2, 0) is 9.59 Å². The molecule has 3 aliphatic heterocycles. The molecule has 2 N–H and O–H groups in total. The van der Waals surface area contributed by atoms with Crippen molar-refractivity contribution in [1.29, 1.82) is 0 Å². The molecule has 6 nitrogen and oxygen atoms in total. The van der Waals surface area contributed by atoms with Crippen LogP contribution in [0.4, 0.5) is 0 Å². The van der Waals surface area contributed by atoms with Gasteiger partial charge in [-0.25, -0.2) is 0 Å². The smallest absolute Gasteiger partial charge is 0.237 e. The van der Waals surface area contributed by atoms with Gasteiger partial charge in [0, 0.05) is 52.2 Å². The summed E-state index contributed by atoms with van der Waals surface area (Å²) in [5.41, 5.74) is 5.31. The summed E-state index contributed by atoms with van der Waals surface area (Å²) in [6.45, 7) is 6.97. The van der Waals surface area contributed by atoms with Gasteiger partial charge in [-0.3, -0.25) is 19.4 Å². The van der Waals surface area contributed by atoms with Crippen molar-refractivity contribution >= 4 is 36.6 Å². The third kappa shape index (κ3) is 3.98. The first-order valence-electron chi connectivity index (χ1n) is 8.39. The molecule has 3 saturated heterocycles. The van der Waals surface area contributed by atoms with Crippen molar-refractivity contribution in [1.82, 2.24) is 14.7 Å². The Hall–Kier alpha value is -0.560. The fourth-order valence-corrected chi connectivity index (χ4v) is 4.33. The van der Waals surface area contributed by atoms with E-state index >= 15 is 0 Å². The molecule has 0 unspecified atom stereocenters. The van der Waals surface area contributed by atoms with Crippen LogP contribution in [-0.4, -0.2) is 77.4 Å². The monoisotopic (exact) mass is 379 g/mol. The van der Waals surface area contributed by atoms with Gasteiger partial charge in [0.2, 0.25) is 11.8 Å². The summed E-state index contributed by atoms with van der Waals surface area (Å²) in [5, 5.41) is 0. The van der Waals surface area contributed by atoms with Gasteiger partial charge >= 0.3 is 0 Å². The number of halogens is 2. The first kappa shape index (κ1) is 21.5. The van der Waals surface area contributed by atoms with Gasteiger partial charge in [0.15, 0.2) is 0 Å². The number of primary amides is 1. The number of rotatable bonds is 4. The average molecular weight is 380 g/mol. The molecule has 1 radical (unpaired) electrons. The maximum atomic E-state index is 12.0. The van der Waals surface area contributed by atoms with Crippen LogP contribution in [0.25, 0.3) is 0 Å². The number of carbonyl (C=O) groups excluding carboxylic acids is 2. The molecular formula is C16H29Cl2N4O2. The molecule has 0 saturated carbocycles. The van der Waals surface area contributed by atoms with E-state index in [1.807, 2.05) is 4.90 Å². The Bertz CT molecular complexity index is 453. The van der Waals surface area contributed by atoms with Gasteiger partial charge in [0.25, 0.3) is 0 Å². The zero-order chi connectivity index (χ0) is 15.7. The predicted octanol–water partition coefficient (Wildman–Crippen LogP) is 0.681. The second-order valence-electron chi connectivity index (χ2n) is 6.86. The minimum Gasteiger partial charge on any atom is -0.368 e. The number of hydrogen-bond donors (Lipinski definition) is 1. The van der Waals surface area contributed by atoms with E-state index in [9.17, 15) is 9.59 Å². The van der Waals surface area contributed by atoms with Crippen LogP contribution in [0.15, 0.2) is 0 Å². The van der Waals surface area contributed by atoms with Crippen LogP contribution in [0.2, 0.25) is 0 Å². The topological polar surface area (TPSA) is 69.9 Å². The molecule has 3 fully saturated rings. The summed E-state index contributed by atoms with van der Waals surface area (Å²) in [7, 11) is 0. The van der Waals surface area contributed by atoms with Gasteiger partial charge in [-0.2, -0.15) is 0 Å². The highest BCUT2D eigenvalue weighted by Gasteiger charge is 2.52. The van der Waals surface area contributed by atoms with E-state index in [1.165, 1.54) is 0 Å². The van der Waals surface area contributed by atoms with Crippen LogP contribution in [0.3, 0.4) is 0 Å². The largest absolute Gasteiger partial charge is 0.368 e. The van der Waals surface area contributed by atoms with E-state index in [0.717, 1.165) is 65.0 Å². The number of fused-ring (bicyclic) bond motifs is 2. The molecule has 0 aromatic heterocycles. The molecule has 3 rings (SSSR count). The summed E-state index contributed by atoms with van der Waals surface area (Å²) in [5.74, 6) is 0.00397. The maximum absolute atomic E-state index is 12.0. The number of nitrogens with two attached hydrogens (primary N) is 1. The van der Waals surface area contributed by atoms with Crippen LogP contribution in [0, 0.1) is 6.42 Å². The molecule has 24 heavy (non-hydrogen) atoms. The molecule has 3 heterocycles. The Morgan fingerprint density at radius 1 is 1.17 bits per heavy atom. The zero-order valence-electron chi connectivity index (χ0n) is 14.3. The van der Waals surface area contributed by atoms with Crippen molar-refractivity contribution in [2.75, 3.05) is 39.3 Å². The fraction of sp³-hybridized carbons (Fsp3) is 0.812. The Labute approximate surface area is 156 Å². The standard InChI is InChI=1S/C16H27N4O2.2ClH/c1-13(21)19-10-7-18(8-11-19)9-12-20-14-3-2-5-16(20,6-4-14)15(17)22;;/h2,14H,3-12H2,1H3,(H2,17,22);2*1H/t14-,16+;;/m1../s1. The Balaban J connectivity index is 0.00000144. The molecule has 2 atom stereocenters. The van der Waals surface area contributed by atoms with Crippen molar-refractivity contribution in [2.24, 2.45) is 5.73 Å². The lowest BCUT2D eigenvalue weighted by Crippen LogP contribution is -2.60. The first-order chi connectivity index (χ1) is 10.5. The molecule has 0 aromatic rings. The van der Waals surface area contributed by atoms with Crippen molar-refractivity contribution in [3.05, 3.63) is 6.42 Å². The average Bonchev–Trinajstić information content (AvgIpc) is 2.71. The van der Waals surface area contributed by atoms with Gasteiger partial charge < -0.3 is 10.6 Å². The molecular weight excluding hydrogens is 351 g/mol. The van der Waals surface area contributed by atoms with Gasteiger partial charge in [-0.05, 0) is 32.1 Å². The molecule has 3 aliphatic rings. The zero-order valence-corrected chi connectivity index (χ0v) is 15.9. The van der Waals surface area contributed by atoms with E-state index in [4.69, 9.17) is 5.73 Å². The second kappa shape index (κ2) is 8.70. The Morgan fingerprint density at radius 2 is 1.83 bits per heavy atom. The molecule has 139 valence electrons. The van der Waals surface area contributed by atoms with Crippen LogP contribution >= 0.6 is 24.8 Å². The van der Waals surface area contributed by atoms with Crippen molar-refractivity contribution in [2.45, 2.75) is 44.2 Å². The van der Waals surface area contributed by atoms with Crippen molar-refractivity contribution in [3.8, 4) is 0 Å². The quantitative estimate of drug-likeness (QED) is 0.779. The lowest BCUT2D eigenvalue weighted by atomic mass is 9.87. The summed E-state index contributed by atoms with van der Waals surface area (Å²) in [6.07, 6.45) is 6.10. The first-order valence-corrected chi connectivity index (χ1v) is 8.39. The van der Waals surface area contributed by atoms with E-state index in [0.29, 0.717) is 6.04 Å². The number of nitrogens with zero attached hydrogens (tertiary/aromatic N) is 3. The highest BCUT2D eigenvalue weighted by Crippen LogP contribution is 2.43. The Kier molecular flexibility index (Phi) is 7.78. The number of piperidine rings is 1. The highest BCUT2D eigenvalue weighted by atomic mass is 35.5. The van der Waals surface area contributed by atoms with E-state index in [1.54, 1.807) is 6.92 Å². The predicted molar refractivity (Wildman–Crippen MR) is 98.4 cm³/mol. The lowest BCUT2D eigenvalue weighted by molar-refractivity contribution is -0.132. The van der Waals surface area contributed by atoms with Crippen LogP contribution < -0.4 is 5.73 Å². The van der Waals surface area contributed by atoms with Gasteiger partial charge in [-0.15, -0.1) is 24.8 Å². The van der Waals surface area contributed by atoms with Crippen molar-refractivity contribution in [3.63, 3.8) is 0 Å². The number of carbonyl (C=O) groups is 2. The number of amides is 2. The maximum Gasteiger partial charge on any atom is 0.237 e. The molecule has 8 heteroatoms. The summed E-state index contributed by atoms with van der Waals surface area (Å²) < 4.78 is 0. The normalized spacial score (nSPS) is 30.4. The molecule has 2 bridgehead atoms. The van der Waals surface area contributed by atoms with Gasteiger partial charge in [0.1, 0.15) is 5.54 Å². The summed E-state index contributed by atoms with van der Waals surface area (Å²) in [6, 6.07) is 0.486. The minimum atomic E-state index is -0.426. The van der Waals surface area contributed by atoms with Gasteiger partial charge in [0.05, 0.1) is 0 Å². The van der Waals surface area contributed by atoms with Crippen molar-refractivity contribution < 1.29 is 9.59 Å². The third-order valence-electron chi connectivity index (χ3n) is 5.74. The second-order valence-corrected chi connectivity index (χ2v) is 6.86. The summed E-state index contributed by atoms with van der Waals surface area (Å²) >= 11 is 0. The third-order valence-corrected chi connectivity index (χ3v) is 5.74. The molecule has 0 spiro atoms. The molecule has 2 amide bonds. The Morgan fingerprint density at radius 3 is 2.42 bits per heavy atom. The SMILES string of the molecule is CC(=O)N1CCN(CCN2[C@@H]3C[CH]C[C@@]2(C(N)=O)CC3)CC1.Cl.Cl. The highest BCUT2D eigenvalue weighted by molar-refractivity contribution is 5.86. The lowest BCUT2D eigenvalue weighted by Gasteiger charge is -2.44. The van der Waals surface area contributed by atoms with E-state index in [-0.39, 0.29) is 36.6 Å². The molecule has 0 aromatic carbocycles. The van der Waals surface area contributed by atoms with E-state index in [2.05, 4.69) is 16.2 Å². The fourth-order valence-electron chi connectivity index (χ4n) is 4.33.